The minimum Gasteiger partial charge on any atom is -0.478 e. The molecule has 1 amide bonds. The molecule has 1 heterocycles. The van der Waals surface area contributed by atoms with Crippen LogP contribution >= 0.6 is 11.8 Å². The molecule has 2 rings (SSSR count). The molecule has 108 valence electrons. The molecule has 4 nitrogen and oxygen atoms in total. The topological polar surface area (TPSA) is 57.6 Å². The highest BCUT2D eigenvalue weighted by Crippen LogP contribution is 2.22. The molecule has 1 unspecified atom stereocenters. The van der Waals surface area contributed by atoms with Crippen LogP contribution in [0.5, 0.6) is 0 Å². The number of fused-ring (bicyclic) bond motifs is 1. The highest BCUT2D eigenvalue weighted by molar-refractivity contribution is 7.98. The van der Waals surface area contributed by atoms with Gasteiger partial charge in [-0.3, -0.25) is 4.79 Å². The van der Waals surface area contributed by atoms with Crippen molar-refractivity contribution in [2.75, 3.05) is 18.6 Å². The van der Waals surface area contributed by atoms with Crippen molar-refractivity contribution < 1.29 is 14.7 Å². The third kappa shape index (κ3) is 3.15. The van der Waals surface area contributed by atoms with Crippen LogP contribution in [-0.2, 0) is 17.8 Å². The molecule has 0 fully saturated rings. The van der Waals surface area contributed by atoms with E-state index in [1.165, 1.54) is 0 Å². The van der Waals surface area contributed by atoms with E-state index in [-0.39, 0.29) is 17.4 Å². The predicted octanol–water partition coefficient (Wildman–Crippen LogP) is 2.27. The molecule has 20 heavy (non-hydrogen) atoms. The number of hydrogen-bond donors (Lipinski definition) is 1. The lowest BCUT2D eigenvalue weighted by molar-refractivity contribution is -0.135. The molecule has 1 aliphatic heterocycles. The summed E-state index contributed by atoms with van der Waals surface area (Å²) in [6, 6.07) is 5.19. The molecule has 0 saturated heterocycles. The summed E-state index contributed by atoms with van der Waals surface area (Å²) in [6.07, 6.45) is 2.79. The van der Waals surface area contributed by atoms with Crippen LogP contribution in [0.1, 0.15) is 28.4 Å². The summed E-state index contributed by atoms with van der Waals surface area (Å²) in [6.45, 7) is 3.19. The summed E-state index contributed by atoms with van der Waals surface area (Å²) < 4.78 is 0. The Morgan fingerprint density at radius 2 is 2.15 bits per heavy atom. The highest BCUT2D eigenvalue weighted by Gasteiger charge is 2.24. The first kappa shape index (κ1) is 14.9. The second-order valence-electron chi connectivity index (χ2n) is 5.15. The van der Waals surface area contributed by atoms with Crippen molar-refractivity contribution in [3.05, 3.63) is 34.9 Å². The first-order valence-corrected chi connectivity index (χ1v) is 8.05. The Hall–Kier alpha value is -1.49. The molecule has 1 aromatic rings. The van der Waals surface area contributed by atoms with Gasteiger partial charge in [-0.2, -0.15) is 11.8 Å². The van der Waals surface area contributed by atoms with Gasteiger partial charge in [-0.25, -0.2) is 4.79 Å². The number of nitrogens with zero attached hydrogens (tertiary/aromatic N) is 1. The minimum absolute atomic E-state index is 0.00852. The van der Waals surface area contributed by atoms with Crippen LogP contribution in [0.3, 0.4) is 0 Å². The number of carboxylic acids is 1. The Morgan fingerprint density at radius 1 is 1.40 bits per heavy atom. The van der Waals surface area contributed by atoms with E-state index in [0.29, 0.717) is 6.54 Å². The second kappa shape index (κ2) is 6.31. The van der Waals surface area contributed by atoms with Crippen LogP contribution in [0.4, 0.5) is 0 Å². The molecule has 1 aliphatic rings. The molecule has 0 saturated carbocycles. The van der Waals surface area contributed by atoms with Gasteiger partial charge >= 0.3 is 5.97 Å². The first-order valence-electron chi connectivity index (χ1n) is 6.65. The van der Waals surface area contributed by atoms with E-state index in [0.717, 1.165) is 29.8 Å². The van der Waals surface area contributed by atoms with Gasteiger partial charge in [0.2, 0.25) is 5.91 Å². The zero-order valence-corrected chi connectivity index (χ0v) is 12.6. The summed E-state index contributed by atoms with van der Waals surface area (Å²) in [7, 11) is 0. The molecule has 1 N–H and O–H groups in total. The SMILES string of the molecule is CSCC(C)C(=O)N1CCc2ccc(C(=O)O)cc2C1. The fourth-order valence-electron chi connectivity index (χ4n) is 2.51. The Morgan fingerprint density at radius 3 is 2.80 bits per heavy atom. The number of amides is 1. The second-order valence-corrected chi connectivity index (χ2v) is 6.07. The standard InChI is InChI=1S/C15H19NO3S/c1-10(9-20-2)14(17)16-6-5-11-3-4-12(15(18)19)7-13(11)8-16/h3-4,7,10H,5-6,8-9H2,1-2H3,(H,18,19). The molecule has 5 heteroatoms. The van der Waals surface area contributed by atoms with Crippen molar-refractivity contribution in [3.63, 3.8) is 0 Å². The molecule has 0 radical (unpaired) electrons. The van der Waals surface area contributed by atoms with E-state index in [1.54, 1.807) is 23.9 Å². The van der Waals surface area contributed by atoms with E-state index in [2.05, 4.69) is 0 Å². The van der Waals surface area contributed by atoms with Crippen LogP contribution < -0.4 is 0 Å². The van der Waals surface area contributed by atoms with E-state index in [9.17, 15) is 9.59 Å². The lowest BCUT2D eigenvalue weighted by Crippen LogP contribution is -2.39. The number of thioether (sulfide) groups is 1. The number of rotatable bonds is 4. The molecule has 1 atom stereocenters. The van der Waals surface area contributed by atoms with Gasteiger partial charge in [0.1, 0.15) is 0 Å². The van der Waals surface area contributed by atoms with Gasteiger partial charge in [0, 0.05) is 24.8 Å². The third-order valence-electron chi connectivity index (χ3n) is 3.62. The average molecular weight is 293 g/mol. The quantitative estimate of drug-likeness (QED) is 0.925. The van der Waals surface area contributed by atoms with Crippen molar-refractivity contribution in [3.8, 4) is 0 Å². The third-order valence-corrected chi connectivity index (χ3v) is 4.45. The Kier molecular flexibility index (Phi) is 4.70. The molecular formula is C15H19NO3S. The number of benzene rings is 1. The Bertz CT molecular complexity index is 530. The predicted molar refractivity (Wildman–Crippen MR) is 80.1 cm³/mol. The number of aromatic carboxylic acids is 1. The smallest absolute Gasteiger partial charge is 0.335 e. The monoisotopic (exact) mass is 293 g/mol. The summed E-state index contributed by atoms with van der Waals surface area (Å²) in [4.78, 5) is 25.2. The van der Waals surface area contributed by atoms with Crippen molar-refractivity contribution in [2.24, 2.45) is 5.92 Å². The van der Waals surface area contributed by atoms with Gasteiger partial charge in [0.25, 0.3) is 0 Å². The molecule has 0 bridgehead atoms. The minimum atomic E-state index is -0.924. The Labute approximate surface area is 123 Å². The van der Waals surface area contributed by atoms with Gasteiger partial charge in [-0.05, 0) is 35.9 Å². The summed E-state index contributed by atoms with van der Waals surface area (Å²) in [5.74, 6) is 0.0594. The lowest BCUT2D eigenvalue weighted by atomic mass is 9.96. The largest absolute Gasteiger partial charge is 0.478 e. The normalized spacial score (nSPS) is 15.6. The van der Waals surface area contributed by atoms with E-state index < -0.39 is 5.97 Å². The van der Waals surface area contributed by atoms with Crippen LogP contribution in [0.25, 0.3) is 0 Å². The maximum Gasteiger partial charge on any atom is 0.335 e. The molecular weight excluding hydrogens is 274 g/mol. The van der Waals surface area contributed by atoms with Crippen molar-refractivity contribution >= 4 is 23.6 Å². The molecule has 0 aliphatic carbocycles. The van der Waals surface area contributed by atoms with Crippen molar-refractivity contribution in [1.29, 1.82) is 0 Å². The molecule has 1 aromatic carbocycles. The number of carbonyl (C=O) groups excluding carboxylic acids is 1. The van der Waals surface area contributed by atoms with Crippen LogP contribution in [-0.4, -0.2) is 40.4 Å². The maximum absolute atomic E-state index is 12.3. The Balaban J connectivity index is 2.15. The number of hydrogen-bond acceptors (Lipinski definition) is 3. The highest BCUT2D eigenvalue weighted by atomic mass is 32.2. The zero-order valence-electron chi connectivity index (χ0n) is 11.8. The van der Waals surface area contributed by atoms with Gasteiger partial charge in [-0.15, -0.1) is 0 Å². The van der Waals surface area contributed by atoms with Crippen molar-refractivity contribution in [1.82, 2.24) is 4.90 Å². The fourth-order valence-corrected chi connectivity index (χ4v) is 3.15. The number of carboxylic acid groups (broad SMARTS) is 1. The molecule has 0 aromatic heterocycles. The van der Waals surface area contributed by atoms with Gasteiger partial charge in [-0.1, -0.05) is 13.0 Å². The maximum atomic E-state index is 12.3. The summed E-state index contributed by atoms with van der Waals surface area (Å²) >= 11 is 1.67. The van der Waals surface area contributed by atoms with E-state index in [1.807, 2.05) is 24.1 Å². The lowest BCUT2D eigenvalue weighted by Gasteiger charge is -2.31. The van der Waals surface area contributed by atoms with E-state index >= 15 is 0 Å². The average Bonchev–Trinajstić information content (AvgIpc) is 2.45. The molecule has 0 spiro atoms. The van der Waals surface area contributed by atoms with Gasteiger partial charge in [0.05, 0.1) is 5.56 Å². The van der Waals surface area contributed by atoms with Gasteiger partial charge < -0.3 is 10.0 Å². The van der Waals surface area contributed by atoms with Crippen LogP contribution in [0.2, 0.25) is 0 Å². The first-order chi connectivity index (χ1) is 9.52. The fraction of sp³-hybridized carbons (Fsp3) is 0.467. The summed E-state index contributed by atoms with van der Waals surface area (Å²) in [5, 5.41) is 9.04. The van der Waals surface area contributed by atoms with Crippen molar-refractivity contribution in [2.45, 2.75) is 19.9 Å². The van der Waals surface area contributed by atoms with E-state index in [4.69, 9.17) is 5.11 Å². The van der Waals surface area contributed by atoms with Crippen LogP contribution in [0.15, 0.2) is 18.2 Å². The number of carbonyl (C=O) groups is 2. The van der Waals surface area contributed by atoms with Crippen LogP contribution in [0, 0.1) is 5.92 Å². The zero-order chi connectivity index (χ0) is 14.7. The van der Waals surface area contributed by atoms with Gasteiger partial charge in [0.15, 0.2) is 0 Å². The summed E-state index contributed by atoms with van der Waals surface area (Å²) in [5.41, 5.74) is 2.40.